The van der Waals surface area contributed by atoms with Crippen LogP contribution in [0.2, 0.25) is 5.02 Å². The number of benzene rings is 1. The maximum absolute atomic E-state index is 6.70. The molecule has 3 aromatic rings. The average Bonchev–Trinajstić information content (AvgIpc) is 2.66. The molecule has 1 aliphatic heterocycles. The van der Waals surface area contributed by atoms with Gasteiger partial charge in [0.05, 0.1) is 31.0 Å². The number of nitrogens with two attached hydrogens (primary N) is 1. The van der Waals surface area contributed by atoms with Gasteiger partial charge in [0, 0.05) is 41.1 Å². The van der Waals surface area contributed by atoms with Crippen LogP contribution >= 0.6 is 11.6 Å². The predicted molar refractivity (Wildman–Crippen MR) is 119 cm³/mol. The molecule has 2 aromatic heterocycles. The van der Waals surface area contributed by atoms with Gasteiger partial charge in [-0.1, -0.05) is 18.0 Å². The number of halogens is 1. The highest BCUT2D eigenvalue weighted by molar-refractivity contribution is 6.35. The summed E-state index contributed by atoms with van der Waals surface area (Å²) in [4.78, 5) is 16.3. The van der Waals surface area contributed by atoms with Gasteiger partial charge in [0.25, 0.3) is 0 Å². The van der Waals surface area contributed by atoms with E-state index in [1.165, 1.54) is 19.3 Å². The third kappa shape index (κ3) is 2.83. The maximum Gasteiger partial charge on any atom is 0.164 e. The van der Waals surface area contributed by atoms with Crippen LogP contribution in [0.25, 0.3) is 22.3 Å². The minimum absolute atomic E-state index is 0.455. The quantitative estimate of drug-likeness (QED) is 0.668. The van der Waals surface area contributed by atoms with Gasteiger partial charge in [-0.25, -0.2) is 15.0 Å². The zero-order valence-electron chi connectivity index (χ0n) is 17.3. The highest BCUT2D eigenvalue weighted by Gasteiger charge is 2.48. The van der Waals surface area contributed by atoms with Crippen molar-refractivity contribution in [3.63, 3.8) is 0 Å². The normalized spacial score (nSPS) is 17.0. The molecule has 2 aliphatic rings. The van der Waals surface area contributed by atoms with Gasteiger partial charge in [-0.3, -0.25) is 0 Å². The second-order valence-electron chi connectivity index (χ2n) is 8.30. The number of methoxy groups -OCH3 is 2. The Labute approximate surface area is 180 Å². The molecule has 0 bridgehead atoms. The molecule has 0 amide bonds. The number of hydrogen-bond donors (Lipinski definition) is 1. The van der Waals surface area contributed by atoms with Crippen LogP contribution in [0.4, 0.5) is 11.6 Å². The molecule has 5 rings (SSSR count). The maximum atomic E-state index is 6.70. The Bertz CT molecular complexity index is 1130. The van der Waals surface area contributed by atoms with E-state index in [2.05, 4.69) is 9.88 Å². The van der Waals surface area contributed by atoms with Gasteiger partial charge in [0.2, 0.25) is 0 Å². The zero-order chi connectivity index (χ0) is 21.0. The first-order chi connectivity index (χ1) is 14.4. The Balaban J connectivity index is 1.70. The number of nitrogens with zero attached hydrogens (tertiary/aromatic N) is 4. The topological polar surface area (TPSA) is 86.4 Å². The smallest absolute Gasteiger partial charge is 0.164 e. The standard InChI is InChI=1S/C22H24ClN5O2/c1-12-15(29-2)8-16(30-3)19(23)18(12)20-26-14-9-25-17(24)7-13(14)21(27-20)28-10-22(11-28)5-4-6-22/h7-9H,4-6,10-11H2,1-3H3,(H2,24,25). The van der Waals surface area contributed by atoms with Crippen molar-refractivity contribution < 1.29 is 9.47 Å². The van der Waals surface area contributed by atoms with Crippen LogP contribution < -0.4 is 20.1 Å². The molecule has 0 unspecified atom stereocenters. The van der Waals surface area contributed by atoms with Crippen LogP contribution in [-0.2, 0) is 0 Å². The fourth-order valence-corrected chi connectivity index (χ4v) is 4.98. The minimum atomic E-state index is 0.455. The summed E-state index contributed by atoms with van der Waals surface area (Å²) in [6, 6.07) is 3.63. The first-order valence-corrected chi connectivity index (χ1v) is 10.4. The zero-order valence-corrected chi connectivity index (χ0v) is 18.1. The van der Waals surface area contributed by atoms with E-state index in [1.54, 1.807) is 26.5 Å². The van der Waals surface area contributed by atoms with Crippen molar-refractivity contribution >= 4 is 34.1 Å². The van der Waals surface area contributed by atoms with E-state index in [0.29, 0.717) is 39.1 Å². The summed E-state index contributed by atoms with van der Waals surface area (Å²) in [5.41, 5.74) is 8.73. The molecule has 1 saturated carbocycles. The second-order valence-corrected chi connectivity index (χ2v) is 8.68. The van der Waals surface area contributed by atoms with Crippen LogP contribution in [-0.4, -0.2) is 42.3 Å². The summed E-state index contributed by atoms with van der Waals surface area (Å²) in [5.74, 6) is 3.05. The number of anilines is 2. The molecule has 1 aromatic carbocycles. The molecule has 2 N–H and O–H groups in total. The number of rotatable bonds is 4. The van der Waals surface area contributed by atoms with Crippen molar-refractivity contribution in [2.24, 2.45) is 5.41 Å². The van der Waals surface area contributed by atoms with Gasteiger partial charge in [-0.05, 0) is 25.8 Å². The Morgan fingerprint density at radius 1 is 1.10 bits per heavy atom. The van der Waals surface area contributed by atoms with Gasteiger partial charge >= 0.3 is 0 Å². The lowest BCUT2D eigenvalue weighted by atomic mass is 9.63. The summed E-state index contributed by atoms with van der Waals surface area (Å²) in [7, 11) is 3.20. The molecule has 8 heteroatoms. The molecule has 7 nitrogen and oxygen atoms in total. The number of hydrogen-bond acceptors (Lipinski definition) is 7. The largest absolute Gasteiger partial charge is 0.496 e. The fourth-order valence-electron chi connectivity index (χ4n) is 4.62. The molecule has 1 spiro atoms. The first kappa shape index (κ1) is 19.2. The van der Waals surface area contributed by atoms with Crippen LogP contribution in [0, 0.1) is 12.3 Å². The SMILES string of the molecule is COc1cc(OC)c(Cl)c(-c2nc(N3CC4(CCC4)C3)c3cc(N)ncc3n2)c1C. The molecule has 1 saturated heterocycles. The Kier molecular flexibility index (Phi) is 4.39. The van der Waals surface area contributed by atoms with E-state index >= 15 is 0 Å². The number of aromatic nitrogens is 3. The number of nitrogen functional groups attached to an aromatic ring is 1. The molecule has 0 atom stereocenters. The van der Waals surface area contributed by atoms with Crippen molar-refractivity contribution in [3.05, 3.63) is 28.9 Å². The third-order valence-electron chi connectivity index (χ3n) is 6.46. The fraction of sp³-hybridized carbons (Fsp3) is 0.409. The Morgan fingerprint density at radius 2 is 1.83 bits per heavy atom. The highest BCUT2D eigenvalue weighted by atomic mass is 35.5. The van der Waals surface area contributed by atoms with Crippen molar-refractivity contribution in [1.29, 1.82) is 0 Å². The molecular formula is C22H24ClN5O2. The third-order valence-corrected chi connectivity index (χ3v) is 6.83. The van der Waals surface area contributed by atoms with Crippen molar-refractivity contribution in [3.8, 4) is 22.9 Å². The van der Waals surface area contributed by atoms with Crippen LogP contribution in [0.15, 0.2) is 18.3 Å². The molecule has 2 fully saturated rings. The van der Waals surface area contributed by atoms with E-state index in [0.717, 1.165) is 35.4 Å². The number of pyridine rings is 1. The van der Waals surface area contributed by atoms with Crippen molar-refractivity contribution in [1.82, 2.24) is 15.0 Å². The van der Waals surface area contributed by atoms with Gasteiger partial charge in [0.1, 0.15) is 23.1 Å². The van der Waals surface area contributed by atoms with Gasteiger partial charge in [-0.15, -0.1) is 0 Å². The van der Waals surface area contributed by atoms with Crippen molar-refractivity contribution in [2.45, 2.75) is 26.2 Å². The van der Waals surface area contributed by atoms with Gasteiger partial charge in [0.15, 0.2) is 5.82 Å². The molecule has 156 valence electrons. The van der Waals surface area contributed by atoms with Gasteiger partial charge < -0.3 is 20.1 Å². The van der Waals surface area contributed by atoms with E-state index in [1.807, 2.05) is 13.0 Å². The van der Waals surface area contributed by atoms with E-state index in [9.17, 15) is 0 Å². The average molecular weight is 426 g/mol. The van der Waals surface area contributed by atoms with E-state index in [-0.39, 0.29) is 0 Å². The molecule has 30 heavy (non-hydrogen) atoms. The summed E-state index contributed by atoms with van der Waals surface area (Å²) in [6.07, 6.45) is 5.60. The number of fused-ring (bicyclic) bond motifs is 1. The molecule has 3 heterocycles. The predicted octanol–water partition coefficient (Wildman–Crippen LogP) is 4.24. The number of ether oxygens (including phenoxy) is 2. The lowest BCUT2D eigenvalue weighted by Gasteiger charge is -2.56. The monoisotopic (exact) mass is 425 g/mol. The first-order valence-electron chi connectivity index (χ1n) is 10.0. The lowest BCUT2D eigenvalue weighted by Crippen LogP contribution is -2.60. The van der Waals surface area contributed by atoms with Gasteiger partial charge in [-0.2, -0.15) is 0 Å². The Morgan fingerprint density at radius 3 is 2.47 bits per heavy atom. The van der Waals surface area contributed by atoms with Crippen LogP contribution in [0.5, 0.6) is 11.5 Å². The molecule has 0 radical (unpaired) electrons. The summed E-state index contributed by atoms with van der Waals surface area (Å²) < 4.78 is 11.0. The van der Waals surface area contributed by atoms with Crippen LogP contribution in [0.3, 0.4) is 0 Å². The Hall–Kier alpha value is -2.80. The molecule has 1 aliphatic carbocycles. The summed E-state index contributed by atoms with van der Waals surface area (Å²) in [5, 5.41) is 1.37. The summed E-state index contributed by atoms with van der Waals surface area (Å²) >= 11 is 6.70. The molecular weight excluding hydrogens is 402 g/mol. The summed E-state index contributed by atoms with van der Waals surface area (Å²) in [6.45, 7) is 3.96. The minimum Gasteiger partial charge on any atom is -0.496 e. The van der Waals surface area contributed by atoms with E-state index in [4.69, 9.17) is 36.8 Å². The van der Waals surface area contributed by atoms with E-state index < -0.39 is 0 Å². The van der Waals surface area contributed by atoms with Crippen LogP contribution in [0.1, 0.15) is 24.8 Å². The highest BCUT2D eigenvalue weighted by Crippen LogP contribution is 2.50. The second kappa shape index (κ2) is 6.87. The van der Waals surface area contributed by atoms with Crippen molar-refractivity contribution in [2.75, 3.05) is 37.9 Å². The lowest BCUT2D eigenvalue weighted by molar-refractivity contribution is 0.0899.